The first-order chi connectivity index (χ1) is 9.78. The van der Waals surface area contributed by atoms with Gasteiger partial charge in [-0.3, -0.25) is 4.79 Å². The second kappa shape index (κ2) is 7.34. The molecule has 0 radical (unpaired) electrons. The fourth-order valence-corrected chi connectivity index (χ4v) is 1.83. The van der Waals surface area contributed by atoms with Crippen molar-refractivity contribution < 1.29 is 9.53 Å². The molecule has 3 nitrogen and oxygen atoms in total. The van der Waals surface area contributed by atoms with Gasteiger partial charge in [0.25, 0.3) is 0 Å². The molecule has 0 unspecified atom stereocenters. The molecule has 2 rings (SSSR count). The Hall–Kier alpha value is -2.29. The molecule has 0 atom stereocenters. The third kappa shape index (κ3) is 4.43. The van der Waals surface area contributed by atoms with Crippen LogP contribution in [0.4, 0.5) is 5.69 Å². The Kier molecular flexibility index (Phi) is 5.18. The van der Waals surface area contributed by atoms with Crippen LogP contribution < -0.4 is 10.1 Å². The van der Waals surface area contributed by atoms with Gasteiger partial charge in [-0.25, -0.2) is 0 Å². The second-order valence-corrected chi connectivity index (χ2v) is 4.60. The van der Waals surface area contributed by atoms with Gasteiger partial charge in [0, 0.05) is 12.1 Å². The number of ether oxygens (including phenoxy) is 1. The molecule has 1 N–H and O–H groups in total. The summed E-state index contributed by atoms with van der Waals surface area (Å²) in [6.45, 7) is 2.53. The van der Waals surface area contributed by atoms with Crippen LogP contribution in [-0.4, -0.2) is 5.91 Å². The highest BCUT2D eigenvalue weighted by Gasteiger charge is 2.01. The molecule has 2 aromatic carbocycles. The summed E-state index contributed by atoms with van der Waals surface area (Å²) in [5.74, 6) is 0.841. The number of amides is 1. The fourth-order valence-electron chi connectivity index (χ4n) is 1.83. The Morgan fingerprint density at radius 3 is 2.40 bits per heavy atom. The first-order valence-electron chi connectivity index (χ1n) is 6.84. The first-order valence-corrected chi connectivity index (χ1v) is 6.84. The molecular weight excluding hydrogens is 250 g/mol. The van der Waals surface area contributed by atoms with Crippen LogP contribution in [-0.2, 0) is 11.4 Å². The summed E-state index contributed by atoms with van der Waals surface area (Å²) in [6.07, 6.45) is 1.40. The quantitative estimate of drug-likeness (QED) is 0.860. The molecule has 3 heteroatoms. The molecule has 0 aromatic heterocycles. The molecule has 0 aliphatic carbocycles. The number of hydrogen-bond donors (Lipinski definition) is 1. The molecule has 0 bridgehead atoms. The van der Waals surface area contributed by atoms with E-state index in [2.05, 4.69) is 5.32 Å². The van der Waals surface area contributed by atoms with Gasteiger partial charge in [-0.15, -0.1) is 0 Å². The number of hydrogen-bond acceptors (Lipinski definition) is 2. The van der Waals surface area contributed by atoms with Crippen LogP contribution in [0.3, 0.4) is 0 Å². The summed E-state index contributed by atoms with van der Waals surface area (Å²) in [5, 5.41) is 2.85. The zero-order chi connectivity index (χ0) is 14.2. The van der Waals surface area contributed by atoms with E-state index in [4.69, 9.17) is 4.74 Å². The lowest BCUT2D eigenvalue weighted by atomic mass is 10.2. The van der Waals surface area contributed by atoms with Crippen molar-refractivity contribution >= 4 is 11.6 Å². The predicted octanol–water partition coefficient (Wildman–Crippen LogP) is 4.00. The maximum atomic E-state index is 11.5. The van der Waals surface area contributed by atoms with Gasteiger partial charge in [0.2, 0.25) is 5.91 Å². The van der Waals surface area contributed by atoms with Gasteiger partial charge in [-0.1, -0.05) is 37.3 Å². The summed E-state index contributed by atoms with van der Waals surface area (Å²) >= 11 is 0. The normalized spacial score (nSPS) is 10.1. The Bertz CT molecular complexity index is 535. The molecule has 20 heavy (non-hydrogen) atoms. The Morgan fingerprint density at radius 1 is 1.05 bits per heavy atom. The van der Waals surface area contributed by atoms with Crippen LogP contribution in [0.1, 0.15) is 25.3 Å². The Morgan fingerprint density at radius 2 is 1.75 bits per heavy atom. The Balaban J connectivity index is 1.87. The van der Waals surface area contributed by atoms with Crippen molar-refractivity contribution in [3.8, 4) is 5.75 Å². The molecule has 1 amide bonds. The van der Waals surface area contributed by atoms with Crippen molar-refractivity contribution in [2.75, 3.05) is 5.32 Å². The number of rotatable bonds is 6. The van der Waals surface area contributed by atoms with E-state index < -0.39 is 0 Å². The van der Waals surface area contributed by atoms with Gasteiger partial charge in [-0.05, 0) is 36.2 Å². The fraction of sp³-hybridized carbons (Fsp3) is 0.235. The predicted molar refractivity (Wildman–Crippen MR) is 80.8 cm³/mol. The van der Waals surface area contributed by atoms with Gasteiger partial charge < -0.3 is 10.1 Å². The van der Waals surface area contributed by atoms with Crippen molar-refractivity contribution in [2.45, 2.75) is 26.4 Å². The van der Waals surface area contributed by atoms with Crippen molar-refractivity contribution in [1.29, 1.82) is 0 Å². The standard InChI is InChI=1S/C17H19NO2/c1-2-6-17(19)18-15-9-11-16(12-10-15)20-13-14-7-4-3-5-8-14/h3-5,7-12H,2,6,13H2,1H3,(H,18,19). The summed E-state index contributed by atoms with van der Waals surface area (Å²) in [7, 11) is 0. The number of carbonyl (C=O) groups excluding carboxylic acids is 1. The maximum absolute atomic E-state index is 11.5. The average molecular weight is 269 g/mol. The van der Waals surface area contributed by atoms with Gasteiger partial charge in [-0.2, -0.15) is 0 Å². The van der Waals surface area contributed by atoms with Crippen molar-refractivity contribution in [3.63, 3.8) is 0 Å². The Labute approximate surface area is 119 Å². The molecular formula is C17H19NO2. The van der Waals surface area contributed by atoms with E-state index in [1.807, 2.05) is 61.5 Å². The molecule has 104 valence electrons. The molecule has 0 saturated carbocycles. The van der Waals surface area contributed by atoms with E-state index in [0.29, 0.717) is 13.0 Å². The van der Waals surface area contributed by atoms with E-state index in [1.54, 1.807) is 0 Å². The molecule has 0 aliphatic rings. The van der Waals surface area contributed by atoms with Crippen LogP contribution in [0.2, 0.25) is 0 Å². The van der Waals surface area contributed by atoms with E-state index >= 15 is 0 Å². The zero-order valence-electron chi connectivity index (χ0n) is 11.6. The topological polar surface area (TPSA) is 38.3 Å². The van der Waals surface area contributed by atoms with Crippen molar-refractivity contribution in [2.24, 2.45) is 0 Å². The molecule has 0 heterocycles. The molecule has 0 spiro atoms. The van der Waals surface area contributed by atoms with Gasteiger partial charge in [0.15, 0.2) is 0 Å². The smallest absolute Gasteiger partial charge is 0.224 e. The first kappa shape index (κ1) is 14.1. The molecule has 2 aromatic rings. The minimum absolute atomic E-state index is 0.0467. The number of carbonyl (C=O) groups is 1. The number of anilines is 1. The average Bonchev–Trinajstić information content (AvgIpc) is 2.48. The molecule has 0 saturated heterocycles. The van der Waals surface area contributed by atoms with Crippen LogP contribution in [0, 0.1) is 0 Å². The molecule has 0 fully saturated rings. The third-order valence-corrected chi connectivity index (χ3v) is 2.86. The summed E-state index contributed by atoms with van der Waals surface area (Å²) in [5.41, 5.74) is 1.93. The SMILES string of the molecule is CCCC(=O)Nc1ccc(OCc2ccccc2)cc1. The number of benzene rings is 2. The van der Waals surface area contributed by atoms with Gasteiger partial charge >= 0.3 is 0 Å². The third-order valence-electron chi connectivity index (χ3n) is 2.86. The lowest BCUT2D eigenvalue weighted by Crippen LogP contribution is -2.10. The van der Waals surface area contributed by atoms with Crippen LogP contribution in [0.25, 0.3) is 0 Å². The lowest BCUT2D eigenvalue weighted by Gasteiger charge is -2.08. The number of nitrogens with one attached hydrogen (secondary N) is 1. The summed E-state index contributed by atoms with van der Waals surface area (Å²) in [6, 6.07) is 17.5. The van der Waals surface area contributed by atoms with E-state index in [0.717, 1.165) is 23.4 Å². The minimum atomic E-state index is 0.0467. The lowest BCUT2D eigenvalue weighted by molar-refractivity contribution is -0.116. The monoisotopic (exact) mass is 269 g/mol. The van der Waals surface area contributed by atoms with E-state index in [9.17, 15) is 4.79 Å². The highest BCUT2D eigenvalue weighted by molar-refractivity contribution is 5.90. The van der Waals surface area contributed by atoms with E-state index in [-0.39, 0.29) is 5.91 Å². The summed E-state index contributed by atoms with van der Waals surface area (Å²) in [4.78, 5) is 11.5. The maximum Gasteiger partial charge on any atom is 0.224 e. The van der Waals surface area contributed by atoms with Crippen LogP contribution in [0.15, 0.2) is 54.6 Å². The largest absolute Gasteiger partial charge is 0.489 e. The zero-order valence-corrected chi connectivity index (χ0v) is 11.6. The highest BCUT2D eigenvalue weighted by Crippen LogP contribution is 2.17. The van der Waals surface area contributed by atoms with Crippen molar-refractivity contribution in [1.82, 2.24) is 0 Å². The van der Waals surface area contributed by atoms with Crippen molar-refractivity contribution in [3.05, 3.63) is 60.2 Å². The van der Waals surface area contributed by atoms with Gasteiger partial charge in [0.1, 0.15) is 12.4 Å². The highest BCUT2D eigenvalue weighted by atomic mass is 16.5. The van der Waals surface area contributed by atoms with Gasteiger partial charge in [0.05, 0.1) is 0 Å². The van der Waals surface area contributed by atoms with E-state index in [1.165, 1.54) is 0 Å². The second-order valence-electron chi connectivity index (χ2n) is 4.60. The summed E-state index contributed by atoms with van der Waals surface area (Å²) < 4.78 is 5.69. The minimum Gasteiger partial charge on any atom is -0.489 e. The molecule has 0 aliphatic heterocycles. The van der Waals surface area contributed by atoms with Crippen LogP contribution >= 0.6 is 0 Å². The van der Waals surface area contributed by atoms with Crippen LogP contribution in [0.5, 0.6) is 5.75 Å².